The highest BCUT2D eigenvalue weighted by atomic mass is 35.5. The Balaban J connectivity index is 1.75. The maximum atomic E-state index is 15.3. The maximum Gasteiger partial charge on any atom is 0.310 e. The maximum absolute atomic E-state index is 15.3. The lowest BCUT2D eigenvalue weighted by molar-refractivity contribution is -0.153. The number of halogens is 4. The Bertz CT molecular complexity index is 1520. The lowest BCUT2D eigenvalue weighted by Crippen LogP contribution is -2.55. The zero-order valence-corrected chi connectivity index (χ0v) is 26.8. The van der Waals surface area contributed by atoms with Crippen molar-refractivity contribution in [2.24, 2.45) is 22.7 Å². The molecule has 232 valence electrons. The van der Waals surface area contributed by atoms with Crippen molar-refractivity contribution < 1.29 is 28.3 Å². The molecule has 0 unspecified atom stereocenters. The number of carbonyl (C=O) groups is 3. The summed E-state index contributed by atoms with van der Waals surface area (Å²) >= 11 is 12.7. The van der Waals surface area contributed by atoms with Gasteiger partial charge in [0.1, 0.15) is 11.5 Å². The smallest absolute Gasteiger partial charge is 0.310 e. The topological polar surface area (TPSA) is 90.0 Å². The number of anilines is 2. The molecular formula is C32H37Cl2F2N3O4. The molecule has 0 aliphatic carbocycles. The lowest BCUT2D eigenvalue weighted by atomic mass is 9.68. The number of carboxylic acids is 1. The molecule has 2 aromatic carbocycles. The SMILES string of the molecule is Cc1cc(C)cc(N(CC(C)(C)C(C)(C)C)C(=O)[C@H]2[C@H]3CC(F)(F)CN3[C@]3(C(=O)Nc4c(Cl)cc(Cl)cc43)[C@H]2C(=O)O)c1. The van der Waals surface area contributed by atoms with E-state index in [0.717, 1.165) is 11.1 Å². The molecule has 2 fully saturated rings. The number of aliphatic carboxylic acids is 1. The van der Waals surface area contributed by atoms with E-state index >= 15 is 8.78 Å². The summed E-state index contributed by atoms with van der Waals surface area (Å²) < 4.78 is 30.6. The highest BCUT2D eigenvalue weighted by molar-refractivity contribution is 6.38. The Morgan fingerprint density at radius 2 is 1.67 bits per heavy atom. The Labute approximate surface area is 260 Å². The fourth-order valence-electron chi connectivity index (χ4n) is 7.00. The number of rotatable bonds is 5. The summed E-state index contributed by atoms with van der Waals surface area (Å²) in [5, 5.41) is 13.6. The first kappa shape index (κ1) is 31.7. The van der Waals surface area contributed by atoms with Gasteiger partial charge in [-0.05, 0) is 60.1 Å². The molecule has 43 heavy (non-hydrogen) atoms. The molecule has 0 bridgehead atoms. The van der Waals surface area contributed by atoms with Crippen LogP contribution in [-0.4, -0.2) is 52.8 Å². The van der Waals surface area contributed by atoms with Crippen molar-refractivity contribution in [3.63, 3.8) is 0 Å². The first-order chi connectivity index (χ1) is 19.7. The number of aryl methyl sites for hydroxylation is 2. The Morgan fingerprint density at radius 1 is 1.07 bits per heavy atom. The van der Waals surface area contributed by atoms with Gasteiger partial charge in [0.2, 0.25) is 5.91 Å². The summed E-state index contributed by atoms with van der Waals surface area (Å²) in [6.07, 6.45) is -0.769. The third-order valence-corrected chi connectivity index (χ3v) is 10.5. The van der Waals surface area contributed by atoms with Crippen molar-refractivity contribution in [3.05, 3.63) is 57.1 Å². The molecule has 4 atom stereocenters. The molecule has 7 nitrogen and oxygen atoms in total. The van der Waals surface area contributed by atoms with Gasteiger partial charge in [-0.2, -0.15) is 0 Å². The minimum Gasteiger partial charge on any atom is -0.481 e. The quantitative estimate of drug-likeness (QED) is 0.373. The van der Waals surface area contributed by atoms with Crippen LogP contribution in [0.3, 0.4) is 0 Å². The number of fused-ring (bicyclic) bond motifs is 4. The van der Waals surface area contributed by atoms with Crippen LogP contribution in [0.2, 0.25) is 10.0 Å². The predicted octanol–water partition coefficient (Wildman–Crippen LogP) is 6.90. The summed E-state index contributed by atoms with van der Waals surface area (Å²) in [5.41, 5.74) is -0.344. The van der Waals surface area contributed by atoms with Crippen LogP contribution in [0.1, 0.15) is 57.7 Å². The Kier molecular flexibility index (Phi) is 7.47. The van der Waals surface area contributed by atoms with Gasteiger partial charge in [0.15, 0.2) is 0 Å². The molecule has 2 N–H and O–H groups in total. The number of hydrogen-bond acceptors (Lipinski definition) is 4. The number of hydrogen-bond donors (Lipinski definition) is 2. The average Bonchev–Trinajstić information content (AvgIpc) is 3.41. The summed E-state index contributed by atoms with van der Waals surface area (Å²) in [7, 11) is 0. The van der Waals surface area contributed by atoms with Gasteiger partial charge in [-0.25, -0.2) is 8.78 Å². The standard InChI is InChI=1S/C32H37Cl2F2N3O4/c1-16-8-17(2)10-19(9-16)38(14-30(6,7)29(3,4)5)26(40)23-22-13-31(35,36)15-39(22)32(24(23)27(41)42)20-11-18(33)12-21(34)25(20)37-28(32)43/h8-12,22-24H,13-15H2,1-7H3,(H,37,43)(H,41,42)/t22-,23+,24-,32+/m1/s1. The molecule has 5 rings (SSSR count). The fraction of sp³-hybridized carbons (Fsp3) is 0.531. The van der Waals surface area contributed by atoms with Crippen LogP contribution in [0.5, 0.6) is 0 Å². The number of nitrogens with one attached hydrogen (secondary N) is 1. The normalized spacial score (nSPS) is 26.4. The second kappa shape index (κ2) is 10.1. The van der Waals surface area contributed by atoms with Crippen LogP contribution in [0.15, 0.2) is 30.3 Å². The predicted molar refractivity (Wildman–Crippen MR) is 163 cm³/mol. The highest BCUT2D eigenvalue weighted by Crippen LogP contribution is 2.61. The number of carboxylic acid groups (broad SMARTS) is 1. The van der Waals surface area contributed by atoms with Crippen LogP contribution in [0, 0.1) is 36.5 Å². The summed E-state index contributed by atoms with van der Waals surface area (Å²) in [5.74, 6) is -9.30. The minimum atomic E-state index is -3.26. The van der Waals surface area contributed by atoms with Crippen LogP contribution >= 0.6 is 23.2 Å². The first-order valence-electron chi connectivity index (χ1n) is 14.3. The number of nitrogens with zero attached hydrogens (tertiary/aromatic N) is 2. The Morgan fingerprint density at radius 3 is 2.23 bits per heavy atom. The van der Waals surface area contributed by atoms with E-state index in [2.05, 4.69) is 5.32 Å². The second-order valence-corrected chi connectivity index (χ2v) is 14.9. The van der Waals surface area contributed by atoms with Crippen molar-refractivity contribution >= 4 is 52.4 Å². The zero-order valence-electron chi connectivity index (χ0n) is 25.3. The van der Waals surface area contributed by atoms with Crippen molar-refractivity contribution in [1.82, 2.24) is 4.90 Å². The van der Waals surface area contributed by atoms with E-state index < -0.39 is 65.5 Å². The Hall–Kier alpha value is -2.75. The monoisotopic (exact) mass is 635 g/mol. The number of carbonyl (C=O) groups excluding carboxylic acids is 2. The summed E-state index contributed by atoms with van der Waals surface area (Å²) in [6, 6.07) is 7.18. The molecule has 0 saturated carbocycles. The minimum absolute atomic E-state index is 0.0536. The first-order valence-corrected chi connectivity index (χ1v) is 15.0. The molecule has 11 heteroatoms. The summed E-state index contributed by atoms with van der Waals surface area (Å²) in [4.78, 5) is 44.9. The fourth-order valence-corrected chi connectivity index (χ4v) is 7.54. The number of alkyl halides is 2. The van der Waals surface area contributed by atoms with E-state index in [1.54, 1.807) is 0 Å². The van der Waals surface area contributed by atoms with Crippen molar-refractivity contribution in [3.8, 4) is 0 Å². The van der Waals surface area contributed by atoms with E-state index in [1.165, 1.54) is 21.9 Å². The molecule has 3 heterocycles. The van der Waals surface area contributed by atoms with E-state index in [1.807, 2.05) is 66.7 Å². The van der Waals surface area contributed by atoms with Crippen molar-refractivity contribution in [2.75, 3.05) is 23.3 Å². The molecule has 3 aliphatic rings. The molecular weight excluding hydrogens is 599 g/mol. The molecule has 2 aromatic rings. The molecule has 2 amide bonds. The van der Waals surface area contributed by atoms with Gasteiger partial charge >= 0.3 is 5.97 Å². The average molecular weight is 637 g/mol. The molecule has 2 saturated heterocycles. The van der Waals surface area contributed by atoms with Crippen LogP contribution in [-0.2, 0) is 19.9 Å². The molecule has 3 aliphatic heterocycles. The van der Waals surface area contributed by atoms with E-state index in [0.29, 0.717) is 5.69 Å². The third-order valence-electron chi connectivity index (χ3n) is 9.96. The van der Waals surface area contributed by atoms with Crippen molar-refractivity contribution in [2.45, 2.75) is 72.4 Å². The van der Waals surface area contributed by atoms with E-state index in [4.69, 9.17) is 23.2 Å². The van der Waals surface area contributed by atoms with Crippen LogP contribution < -0.4 is 10.2 Å². The lowest BCUT2D eigenvalue weighted by Gasteiger charge is -2.43. The van der Waals surface area contributed by atoms with Gasteiger partial charge in [-0.15, -0.1) is 0 Å². The zero-order chi connectivity index (χ0) is 32.0. The van der Waals surface area contributed by atoms with Gasteiger partial charge < -0.3 is 15.3 Å². The highest BCUT2D eigenvalue weighted by Gasteiger charge is 2.75. The molecule has 0 radical (unpaired) electrons. The largest absolute Gasteiger partial charge is 0.481 e. The number of amides is 2. The van der Waals surface area contributed by atoms with E-state index in [9.17, 15) is 19.5 Å². The van der Waals surface area contributed by atoms with Gasteiger partial charge in [0.05, 0.1) is 23.2 Å². The van der Waals surface area contributed by atoms with Crippen LogP contribution in [0.4, 0.5) is 20.2 Å². The third kappa shape index (κ3) is 4.92. The molecule has 0 aromatic heterocycles. The second-order valence-electron chi connectivity index (χ2n) is 14.0. The van der Waals surface area contributed by atoms with Gasteiger partial charge in [0.25, 0.3) is 11.8 Å². The van der Waals surface area contributed by atoms with Gasteiger partial charge in [-0.1, -0.05) is 63.9 Å². The van der Waals surface area contributed by atoms with E-state index in [-0.39, 0.29) is 33.3 Å². The van der Waals surface area contributed by atoms with Gasteiger partial charge in [-0.3, -0.25) is 19.3 Å². The summed E-state index contributed by atoms with van der Waals surface area (Å²) in [6.45, 7) is 13.3. The van der Waals surface area contributed by atoms with Gasteiger partial charge in [0, 0.05) is 35.3 Å². The number of benzene rings is 2. The van der Waals surface area contributed by atoms with Crippen LogP contribution in [0.25, 0.3) is 0 Å². The van der Waals surface area contributed by atoms with Crippen molar-refractivity contribution in [1.29, 1.82) is 0 Å². The molecule has 1 spiro atoms.